The molecule has 0 heterocycles. The van der Waals surface area contributed by atoms with E-state index in [4.69, 9.17) is 9.63 Å². The van der Waals surface area contributed by atoms with Crippen molar-refractivity contribution in [1.29, 1.82) is 0 Å². The van der Waals surface area contributed by atoms with E-state index in [2.05, 4.69) is 4.52 Å². The molecule has 0 aromatic carbocycles. The van der Waals surface area contributed by atoms with Gasteiger partial charge >= 0.3 is 13.8 Å². The van der Waals surface area contributed by atoms with Gasteiger partial charge in [0.1, 0.15) is 5.60 Å². The molecule has 0 amide bonds. The maximum absolute atomic E-state index is 11.0. The van der Waals surface area contributed by atoms with Gasteiger partial charge in [-0.1, -0.05) is 13.8 Å². The third kappa shape index (κ3) is 5.25. The molecule has 1 unspecified atom stereocenters. The standard InChI is InChI=1S/C8H17O5P/c1-5-8(3,6-2)12-7(9)13-14(4,10)11/h5-6H2,1-4H3,(H,10,11). The Morgan fingerprint density at radius 3 is 2.14 bits per heavy atom. The summed E-state index contributed by atoms with van der Waals surface area (Å²) >= 11 is 0. The van der Waals surface area contributed by atoms with Gasteiger partial charge in [0.25, 0.3) is 0 Å². The first-order valence-electron chi connectivity index (χ1n) is 4.45. The summed E-state index contributed by atoms with van der Waals surface area (Å²) in [5, 5.41) is 0. The van der Waals surface area contributed by atoms with Gasteiger partial charge < -0.3 is 14.2 Å². The fraction of sp³-hybridized carbons (Fsp3) is 0.875. The molecular formula is C8H17O5P. The molecule has 0 saturated carbocycles. The summed E-state index contributed by atoms with van der Waals surface area (Å²) in [7, 11) is -3.80. The zero-order valence-corrected chi connectivity index (χ0v) is 9.84. The summed E-state index contributed by atoms with van der Waals surface area (Å²) in [6.45, 7) is 6.40. The van der Waals surface area contributed by atoms with Crippen LogP contribution in [0.3, 0.4) is 0 Å². The van der Waals surface area contributed by atoms with Crippen molar-refractivity contribution in [3.05, 3.63) is 0 Å². The van der Waals surface area contributed by atoms with Crippen molar-refractivity contribution in [2.24, 2.45) is 0 Å². The summed E-state index contributed by atoms with van der Waals surface area (Å²) in [6, 6.07) is 0. The van der Waals surface area contributed by atoms with E-state index >= 15 is 0 Å². The van der Waals surface area contributed by atoms with Crippen LogP contribution in [0.1, 0.15) is 33.6 Å². The Bertz CT molecular complexity index is 240. The molecule has 0 fully saturated rings. The average molecular weight is 224 g/mol. The lowest BCUT2D eigenvalue weighted by molar-refractivity contribution is -0.00840. The summed E-state index contributed by atoms with van der Waals surface area (Å²) in [4.78, 5) is 19.8. The molecular weight excluding hydrogens is 207 g/mol. The van der Waals surface area contributed by atoms with E-state index in [0.717, 1.165) is 6.66 Å². The zero-order chi connectivity index (χ0) is 11.4. The smallest absolute Gasteiger partial charge is 0.428 e. The first-order chi connectivity index (χ1) is 6.22. The van der Waals surface area contributed by atoms with Gasteiger partial charge in [0, 0.05) is 6.66 Å². The highest BCUT2D eigenvalue weighted by atomic mass is 31.2. The Hall–Kier alpha value is -0.540. The van der Waals surface area contributed by atoms with Gasteiger partial charge in [-0.25, -0.2) is 9.36 Å². The van der Waals surface area contributed by atoms with Crippen molar-refractivity contribution in [2.45, 2.75) is 39.2 Å². The van der Waals surface area contributed by atoms with Crippen LogP contribution in [-0.4, -0.2) is 23.3 Å². The van der Waals surface area contributed by atoms with Crippen LogP contribution in [0, 0.1) is 0 Å². The molecule has 0 aliphatic rings. The number of rotatable bonds is 4. The van der Waals surface area contributed by atoms with Gasteiger partial charge in [0.15, 0.2) is 0 Å². The van der Waals surface area contributed by atoms with Crippen LogP contribution in [0.25, 0.3) is 0 Å². The van der Waals surface area contributed by atoms with Crippen LogP contribution in [0.15, 0.2) is 0 Å². The van der Waals surface area contributed by atoms with E-state index in [1.54, 1.807) is 6.92 Å². The quantitative estimate of drug-likeness (QED) is 0.586. The van der Waals surface area contributed by atoms with E-state index in [-0.39, 0.29) is 0 Å². The minimum absolute atomic E-state index is 0.623. The lowest BCUT2D eigenvalue weighted by Crippen LogP contribution is -2.30. The highest BCUT2D eigenvalue weighted by Crippen LogP contribution is 2.37. The second-order valence-electron chi connectivity index (χ2n) is 3.40. The van der Waals surface area contributed by atoms with Crippen molar-refractivity contribution in [3.8, 4) is 0 Å². The van der Waals surface area contributed by atoms with E-state index in [0.29, 0.717) is 12.8 Å². The van der Waals surface area contributed by atoms with Crippen molar-refractivity contribution in [3.63, 3.8) is 0 Å². The summed E-state index contributed by atoms with van der Waals surface area (Å²) in [6.07, 6.45) is 0.153. The Morgan fingerprint density at radius 1 is 1.43 bits per heavy atom. The third-order valence-electron chi connectivity index (χ3n) is 2.07. The van der Waals surface area contributed by atoms with Crippen LogP contribution in [-0.2, 0) is 13.8 Å². The summed E-state index contributed by atoms with van der Waals surface area (Å²) in [5.74, 6) is 0. The Kier molecular flexibility index (Phi) is 4.62. The molecule has 1 N–H and O–H groups in total. The molecule has 0 aliphatic carbocycles. The predicted octanol–water partition coefficient (Wildman–Crippen LogP) is 2.53. The number of hydrogen-bond acceptors (Lipinski definition) is 4. The molecule has 0 radical (unpaired) electrons. The maximum atomic E-state index is 11.0. The molecule has 0 saturated heterocycles. The van der Waals surface area contributed by atoms with Gasteiger partial charge in [0.05, 0.1) is 0 Å². The van der Waals surface area contributed by atoms with Gasteiger partial charge in [-0.15, -0.1) is 0 Å². The zero-order valence-electron chi connectivity index (χ0n) is 8.94. The molecule has 84 valence electrons. The first kappa shape index (κ1) is 13.5. The summed E-state index contributed by atoms with van der Waals surface area (Å²) in [5.41, 5.74) is -0.633. The average Bonchev–Trinajstić information content (AvgIpc) is 2.00. The first-order valence-corrected chi connectivity index (χ1v) is 6.47. The SMILES string of the molecule is CCC(C)(CC)OC(=O)OP(C)(=O)O. The van der Waals surface area contributed by atoms with E-state index < -0.39 is 19.4 Å². The molecule has 0 rings (SSSR count). The van der Waals surface area contributed by atoms with Crippen molar-refractivity contribution in [1.82, 2.24) is 0 Å². The van der Waals surface area contributed by atoms with Crippen molar-refractivity contribution >= 4 is 13.8 Å². The lowest BCUT2D eigenvalue weighted by Gasteiger charge is -2.26. The molecule has 0 bridgehead atoms. The molecule has 14 heavy (non-hydrogen) atoms. The van der Waals surface area contributed by atoms with Gasteiger partial charge in [-0.3, -0.25) is 0 Å². The molecule has 0 spiro atoms. The van der Waals surface area contributed by atoms with Gasteiger partial charge in [0.2, 0.25) is 0 Å². The highest BCUT2D eigenvalue weighted by molar-refractivity contribution is 7.52. The maximum Gasteiger partial charge on any atom is 0.515 e. The van der Waals surface area contributed by atoms with Gasteiger partial charge in [-0.05, 0) is 19.8 Å². The Morgan fingerprint density at radius 2 is 1.86 bits per heavy atom. The minimum Gasteiger partial charge on any atom is -0.428 e. The Balaban J connectivity index is 4.25. The predicted molar refractivity (Wildman–Crippen MR) is 52.3 cm³/mol. The number of carbonyl (C=O) groups is 1. The monoisotopic (exact) mass is 224 g/mol. The number of ether oxygens (including phenoxy) is 1. The lowest BCUT2D eigenvalue weighted by atomic mass is 10.0. The van der Waals surface area contributed by atoms with Crippen LogP contribution >= 0.6 is 7.60 Å². The second kappa shape index (κ2) is 4.80. The Labute approximate surface area is 83.9 Å². The largest absolute Gasteiger partial charge is 0.515 e. The van der Waals surface area contributed by atoms with E-state index in [1.807, 2.05) is 13.8 Å². The van der Waals surface area contributed by atoms with Crippen molar-refractivity contribution in [2.75, 3.05) is 6.66 Å². The van der Waals surface area contributed by atoms with E-state index in [1.165, 1.54) is 0 Å². The number of hydrogen-bond donors (Lipinski definition) is 1. The van der Waals surface area contributed by atoms with Gasteiger partial charge in [-0.2, -0.15) is 0 Å². The van der Waals surface area contributed by atoms with E-state index in [9.17, 15) is 9.36 Å². The second-order valence-corrected chi connectivity index (χ2v) is 5.19. The molecule has 5 nitrogen and oxygen atoms in total. The summed E-state index contributed by atoms with van der Waals surface area (Å²) < 4.78 is 19.8. The molecule has 0 aliphatic heterocycles. The topological polar surface area (TPSA) is 72.8 Å². The molecule has 0 aromatic heterocycles. The van der Waals surface area contributed by atoms with Crippen molar-refractivity contribution < 1.29 is 23.5 Å². The molecule has 6 heteroatoms. The molecule has 0 aromatic rings. The minimum atomic E-state index is -3.80. The molecule has 1 atom stereocenters. The van der Waals surface area contributed by atoms with Crippen LogP contribution in [0.4, 0.5) is 4.79 Å². The highest BCUT2D eigenvalue weighted by Gasteiger charge is 2.28. The fourth-order valence-electron chi connectivity index (χ4n) is 0.752. The van der Waals surface area contributed by atoms with Crippen LogP contribution < -0.4 is 0 Å². The van der Waals surface area contributed by atoms with Crippen LogP contribution in [0.2, 0.25) is 0 Å². The fourth-order valence-corrected chi connectivity index (χ4v) is 1.07. The normalized spacial score (nSPS) is 15.8. The third-order valence-corrected chi connectivity index (χ3v) is 2.56. The van der Waals surface area contributed by atoms with Crippen LogP contribution in [0.5, 0.6) is 0 Å². The number of carbonyl (C=O) groups excluding carboxylic acids is 1.